The summed E-state index contributed by atoms with van der Waals surface area (Å²) in [6.45, 7) is 7.87. The first-order chi connectivity index (χ1) is 6.11. The highest BCUT2D eigenvalue weighted by Gasteiger charge is 2.49. The summed E-state index contributed by atoms with van der Waals surface area (Å²) >= 11 is 0. The summed E-state index contributed by atoms with van der Waals surface area (Å²) < 4.78 is 0. The van der Waals surface area contributed by atoms with Crippen LogP contribution in [0.1, 0.15) is 13.8 Å². The van der Waals surface area contributed by atoms with E-state index in [0.29, 0.717) is 0 Å². The molecular weight excluding hydrogens is 166 g/mol. The van der Waals surface area contributed by atoms with E-state index in [1.165, 1.54) is 0 Å². The predicted octanol–water partition coefficient (Wildman–Crippen LogP) is 0.0356. The number of fused-ring (bicyclic) bond motifs is 2. The van der Waals surface area contributed by atoms with Crippen molar-refractivity contribution in [2.45, 2.75) is 13.8 Å². The van der Waals surface area contributed by atoms with Crippen LogP contribution in [0.4, 0.5) is 0 Å². The highest BCUT2D eigenvalue weighted by Crippen LogP contribution is 2.36. The van der Waals surface area contributed by atoms with E-state index in [0.717, 1.165) is 31.9 Å². The average molecular weight is 183 g/mol. The van der Waals surface area contributed by atoms with E-state index in [9.17, 15) is 0 Å². The Kier molecular flexibility index (Phi) is 1.85. The first-order valence-electron chi connectivity index (χ1n) is 4.75. The highest BCUT2D eigenvalue weighted by molar-refractivity contribution is 5.96. The number of hydrogen-bond acceptors (Lipinski definition) is 4. The minimum absolute atomic E-state index is 0.0139. The molecule has 0 radical (unpaired) electrons. The quantitative estimate of drug-likeness (QED) is 0.367. The van der Waals surface area contributed by atoms with Crippen molar-refractivity contribution >= 4 is 5.71 Å². The van der Waals surface area contributed by atoms with Crippen molar-refractivity contribution in [2.75, 3.05) is 26.2 Å². The maximum atomic E-state index is 9.06. The van der Waals surface area contributed by atoms with Gasteiger partial charge in [0, 0.05) is 37.0 Å². The molecule has 2 saturated heterocycles. The van der Waals surface area contributed by atoms with E-state index in [-0.39, 0.29) is 10.8 Å². The van der Waals surface area contributed by atoms with Crippen LogP contribution in [0, 0.1) is 10.8 Å². The smallest absolute Gasteiger partial charge is 0.0739 e. The minimum atomic E-state index is -0.0139. The lowest BCUT2D eigenvalue weighted by Gasteiger charge is -2.50. The standard InChI is InChI=1S/C9H17N3O/c1-8-3-10-5-9(2,6-11-4-8)7(8)12-13/h10-11,13H,3-6H2,1-2H3. The van der Waals surface area contributed by atoms with Gasteiger partial charge in [0.15, 0.2) is 0 Å². The van der Waals surface area contributed by atoms with Crippen molar-refractivity contribution < 1.29 is 5.21 Å². The fourth-order valence-electron chi connectivity index (χ4n) is 2.66. The zero-order valence-corrected chi connectivity index (χ0v) is 8.22. The molecule has 2 fully saturated rings. The number of nitrogens with one attached hydrogen (secondary N) is 2. The number of rotatable bonds is 0. The van der Waals surface area contributed by atoms with Gasteiger partial charge in [-0.2, -0.15) is 0 Å². The molecule has 2 heterocycles. The SMILES string of the molecule is CC12CNCC(C)(CNC1)C2=NO. The van der Waals surface area contributed by atoms with Crippen molar-refractivity contribution in [3.63, 3.8) is 0 Å². The van der Waals surface area contributed by atoms with E-state index in [4.69, 9.17) is 5.21 Å². The second-order valence-electron chi connectivity index (χ2n) is 4.78. The molecule has 0 saturated carbocycles. The molecule has 0 atom stereocenters. The fraction of sp³-hybridized carbons (Fsp3) is 0.889. The second-order valence-corrected chi connectivity index (χ2v) is 4.78. The van der Waals surface area contributed by atoms with Gasteiger partial charge < -0.3 is 15.8 Å². The zero-order chi connectivity index (χ0) is 9.53. The van der Waals surface area contributed by atoms with Gasteiger partial charge in [-0.05, 0) is 0 Å². The molecule has 74 valence electrons. The molecule has 13 heavy (non-hydrogen) atoms. The van der Waals surface area contributed by atoms with Crippen LogP contribution in [0.5, 0.6) is 0 Å². The van der Waals surface area contributed by atoms with Crippen LogP contribution in [-0.4, -0.2) is 37.1 Å². The van der Waals surface area contributed by atoms with E-state index in [2.05, 4.69) is 29.6 Å². The third-order valence-electron chi connectivity index (χ3n) is 3.30. The van der Waals surface area contributed by atoms with Crippen LogP contribution in [-0.2, 0) is 0 Å². The Morgan fingerprint density at radius 2 is 1.46 bits per heavy atom. The summed E-state index contributed by atoms with van der Waals surface area (Å²) in [6, 6.07) is 0. The maximum Gasteiger partial charge on any atom is 0.0739 e. The molecule has 0 amide bonds. The molecule has 2 bridgehead atoms. The summed E-state index contributed by atoms with van der Waals surface area (Å²) in [7, 11) is 0. The van der Waals surface area contributed by atoms with Crippen LogP contribution in [0.15, 0.2) is 5.16 Å². The average Bonchev–Trinajstić information content (AvgIpc) is 2.02. The summed E-state index contributed by atoms with van der Waals surface area (Å²) in [5, 5.41) is 19.4. The molecule has 0 aliphatic carbocycles. The molecule has 4 heteroatoms. The lowest BCUT2D eigenvalue weighted by atomic mass is 9.65. The molecule has 0 spiro atoms. The van der Waals surface area contributed by atoms with Crippen LogP contribution < -0.4 is 10.6 Å². The molecule has 0 aromatic carbocycles. The van der Waals surface area contributed by atoms with Crippen LogP contribution in [0.25, 0.3) is 0 Å². The van der Waals surface area contributed by atoms with Gasteiger partial charge >= 0.3 is 0 Å². The molecule has 4 nitrogen and oxygen atoms in total. The first kappa shape index (κ1) is 8.97. The van der Waals surface area contributed by atoms with Gasteiger partial charge in [0.2, 0.25) is 0 Å². The molecule has 0 aromatic heterocycles. The van der Waals surface area contributed by atoms with Crippen molar-refractivity contribution in [2.24, 2.45) is 16.0 Å². The minimum Gasteiger partial charge on any atom is -0.411 e. The molecule has 2 aliphatic rings. The van der Waals surface area contributed by atoms with E-state index >= 15 is 0 Å². The number of nitrogens with zero attached hydrogens (tertiary/aromatic N) is 1. The van der Waals surface area contributed by atoms with Gasteiger partial charge in [-0.1, -0.05) is 19.0 Å². The van der Waals surface area contributed by atoms with Gasteiger partial charge in [0.05, 0.1) is 5.71 Å². The largest absolute Gasteiger partial charge is 0.411 e. The lowest BCUT2D eigenvalue weighted by Crippen LogP contribution is -2.66. The van der Waals surface area contributed by atoms with Gasteiger partial charge in [0.1, 0.15) is 0 Å². The Labute approximate surface area is 78.4 Å². The Balaban J connectivity index is 2.39. The van der Waals surface area contributed by atoms with E-state index in [1.54, 1.807) is 0 Å². The number of piperidine rings is 2. The monoisotopic (exact) mass is 183 g/mol. The summed E-state index contributed by atoms with van der Waals surface area (Å²) in [6.07, 6.45) is 0. The van der Waals surface area contributed by atoms with E-state index in [1.807, 2.05) is 0 Å². The zero-order valence-electron chi connectivity index (χ0n) is 8.22. The molecule has 0 aromatic rings. The lowest BCUT2D eigenvalue weighted by molar-refractivity contribution is 0.201. The summed E-state index contributed by atoms with van der Waals surface area (Å²) in [5.74, 6) is 0. The third-order valence-corrected chi connectivity index (χ3v) is 3.30. The Morgan fingerprint density at radius 1 is 1.08 bits per heavy atom. The maximum absolute atomic E-state index is 9.06. The fourth-order valence-corrected chi connectivity index (χ4v) is 2.66. The van der Waals surface area contributed by atoms with Crippen molar-refractivity contribution in [3.05, 3.63) is 0 Å². The topological polar surface area (TPSA) is 56.7 Å². The highest BCUT2D eigenvalue weighted by atomic mass is 16.4. The number of oxime groups is 1. The van der Waals surface area contributed by atoms with Crippen molar-refractivity contribution in [1.29, 1.82) is 0 Å². The second kappa shape index (κ2) is 2.69. The van der Waals surface area contributed by atoms with Crippen LogP contribution in [0.3, 0.4) is 0 Å². The summed E-state index contributed by atoms with van der Waals surface area (Å²) in [5.41, 5.74) is 0.928. The van der Waals surface area contributed by atoms with Gasteiger partial charge in [-0.15, -0.1) is 0 Å². The third kappa shape index (κ3) is 1.16. The van der Waals surface area contributed by atoms with Crippen LogP contribution >= 0.6 is 0 Å². The predicted molar refractivity (Wildman–Crippen MR) is 51.2 cm³/mol. The molecule has 3 N–H and O–H groups in total. The number of hydrogen-bond donors (Lipinski definition) is 3. The molecule has 2 rings (SSSR count). The van der Waals surface area contributed by atoms with Crippen LogP contribution in [0.2, 0.25) is 0 Å². The summed E-state index contributed by atoms with van der Waals surface area (Å²) in [4.78, 5) is 0. The van der Waals surface area contributed by atoms with Gasteiger partial charge in [-0.3, -0.25) is 0 Å². The molecular formula is C9H17N3O. The molecule has 0 unspecified atom stereocenters. The van der Waals surface area contributed by atoms with Gasteiger partial charge in [0.25, 0.3) is 0 Å². The Morgan fingerprint density at radius 3 is 1.69 bits per heavy atom. The van der Waals surface area contributed by atoms with Crippen molar-refractivity contribution in [1.82, 2.24) is 10.6 Å². The first-order valence-corrected chi connectivity index (χ1v) is 4.75. The molecule has 2 aliphatic heterocycles. The van der Waals surface area contributed by atoms with E-state index < -0.39 is 0 Å². The normalized spacial score (nSPS) is 44.6. The van der Waals surface area contributed by atoms with Gasteiger partial charge in [-0.25, -0.2) is 0 Å². The Bertz CT molecular complexity index is 219. The Hall–Kier alpha value is -0.610. The van der Waals surface area contributed by atoms with Crippen molar-refractivity contribution in [3.8, 4) is 0 Å².